The molecule has 0 aliphatic rings. The third-order valence-electron chi connectivity index (χ3n) is 3.73. The number of carbonyl (C=O) groups is 1. The molecule has 2 aromatic carbocycles. The van der Waals surface area contributed by atoms with Crippen LogP contribution < -0.4 is 5.43 Å². The summed E-state index contributed by atoms with van der Waals surface area (Å²) < 4.78 is 1.57. The van der Waals surface area contributed by atoms with Crippen LogP contribution in [0.4, 0.5) is 0 Å². The van der Waals surface area contributed by atoms with Crippen molar-refractivity contribution in [2.75, 3.05) is 0 Å². The molecule has 3 rings (SSSR count). The summed E-state index contributed by atoms with van der Waals surface area (Å²) in [4.78, 5) is 11.9. The van der Waals surface area contributed by atoms with E-state index in [0.29, 0.717) is 12.8 Å². The first kappa shape index (κ1) is 16.5. The average Bonchev–Trinajstić information content (AvgIpc) is 3.20. The number of aryl methyl sites for hydroxylation is 1. The SMILES string of the molecule is C/C(=N\NC(=O)CCc1ccccc1)c1ccc(-n2cnnn2)cc1. The van der Waals surface area contributed by atoms with E-state index in [0.717, 1.165) is 22.5 Å². The van der Waals surface area contributed by atoms with Crippen molar-refractivity contribution in [3.05, 3.63) is 72.1 Å². The molecular formula is C18H18N6O. The maximum absolute atomic E-state index is 11.9. The fourth-order valence-electron chi connectivity index (χ4n) is 2.30. The minimum Gasteiger partial charge on any atom is -0.273 e. The summed E-state index contributed by atoms with van der Waals surface area (Å²) in [6, 6.07) is 17.5. The molecule has 0 saturated carbocycles. The molecule has 0 atom stereocenters. The standard InChI is InChI=1S/C18H18N6O/c1-14(16-8-10-17(11-9-16)24-13-19-22-23-24)20-21-18(25)12-7-15-5-3-2-4-6-15/h2-6,8-11,13H,7,12H2,1H3,(H,21,25)/b20-14+. The largest absolute Gasteiger partial charge is 0.273 e. The highest BCUT2D eigenvalue weighted by molar-refractivity contribution is 5.99. The van der Waals surface area contributed by atoms with Gasteiger partial charge < -0.3 is 0 Å². The van der Waals surface area contributed by atoms with Gasteiger partial charge in [-0.05, 0) is 47.0 Å². The number of hydrogen-bond acceptors (Lipinski definition) is 5. The molecule has 1 N–H and O–H groups in total. The second-order valence-corrected chi connectivity index (χ2v) is 5.52. The van der Waals surface area contributed by atoms with E-state index in [-0.39, 0.29) is 5.91 Å². The topological polar surface area (TPSA) is 85.1 Å². The molecule has 0 aliphatic carbocycles. The quantitative estimate of drug-likeness (QED) is 0.553. The van der Waals surface area contributed by atoms with Gasteiger partial charge in [-0.25, -0.2) is 10.1 Å². The number of nitrogens with one attached hydrogen (secondary N) is 1. The summed E-state index contributed by atoms with van der Waals surface area (Å²) in [5.74, 6) is -0.103. The van der Waals surface area contributed by atoms with Crippen LogP contribution in [-0.4, -0.2) is 31.8 Å². The summed E-state index contributed by atoms with van der Waals surface area (Å²) in [5.41, 5.74) is 6.25. The number of carbonyl (C=O) groups excluding carboxylic acids is 1. The van der Waals surface area contributed by atoms with Crippen molar-refractivity contribution in [3.8, 4) is 5.69 Å². The second kappa shape index (κ2) is 7.96. The second-order valence-electron chi connectivity index (χ2n) is 5.52. The molecule has 0 bridgehead atoms. The molecular weight excluding hydrogens is 316 g/mol. The van der Waals surface area contributed by atoms with Crippen LogP contribution >= 0.6 is 0 Å². The minimum atomic E-state index is -0.103. The van der Waals surface area contributed by atoms with Crippen LogP contribution in [0.15, 0.2) is 66.0 Å². The molecule has 1 aromatic heterocycles. The Labute approximate surface area is 145 Å². The number of hydrogen-bond donors (Lipinski definition) is 1. The lowest BCUT2D eigenvalue weighted by molar-refractivity contribution is -0.121. The van der Waals surface area contributed by atoms with E-state index in [2.05, 4.69) is 26.1 Å². The Hall–Kier alpha value is -3.35. The van der Waals surface area contributed by atoms with Crippen molar-refractivity contribution >= 4 is 11.6 Å². The van der Waals surface area contributed by atoms with Gasteiger partial charge in [0.25, 0.3) is 0 Å². The highest BCUT2D eigenvalue weighted by atomic mass is 16.2. The van der Waals surface area contributed by atoms with Crippen LogP contribution in [0, 0.1) is 0 Å². The lowest BCUT2D eigenvalue weighted by Gasteiger charge is -2.05. The lowest BCUT2D eigenvalue weighted by atomic mass is 10.1. The Morgan fingerprint density at radius 3 is 2.56 bits per heavy atom. The molecule has 0 aliphatic heterocycles. The third-order valence-corrected chi connectivity index (χ3v) is 3.73. The molecule has 3 aromatic rings. The number of rotatable bonds is 6. The van der Waals surface area contributed by atoms with Gasteiger partial charge in [0, 0.05) is 6.42 Å². The van der Waals surface area contributed by atoms with Crippen LogP contribution in [0.1, 0.15) is 24.5 Å². The van der Waals surface area contributed by atoms with Gasteiger partial charge in [-0.1, -0.05) is 42.5 Å². The average molecular weight is 334 g/mol. The van der Waals surface area contributed by atoms with Crippen molar-refractivity contribution in [1.82, 2.24) is 25.6 Å². The van der Waals surface area contributed by atoms with E-state index < -0.39 is 0 Å². The van der Waals surface area contributed by atoms with Crippen molar-refractivity contribution in [3.63, 3.8) is 0 Å². The normalized spacial score (nSPS) is 11.3. The Morgan fingerprint density at radius 1 is 1.12 bits per heavy atom. The van der Waals surface area contributed by atoms with Crippen LogP contribution in [0.25, 0.3) is 5.69 Å². The van der Waals surface area contributed by atoms with Crippen molar-refractivity contribution in [2.24, 2.45) is 5.10 Å². The number of tetrazole rings is 1. The van der Waals surface area contributed by atoms with Crippen LogP contribution in [0.3, 0.4) is 0 Å². The Morgan fingerprint density at radius 2 is 1.88 bits per heavy atom. The smallest absolute Gasteiger partial charge is 0.240 e. The first-order chi connectivity index (χ1) is 12.2. The van der Waals surface area contributed by atoms with E-state index in [4.69, 9.17) is 0 Å². The summed E-state index contributed by atoms with van der Waals surface area (Å²) in [7, 11) is 0. The Balaban J connectivity index is 1.55. The van der Waals surface area contributed by atoms with Gasteiger partial charge in [0.05, 0.1) is 11.4 Å². The molecule has 1 heterocycles. The van der Waals surface area contributed by atoms with E-state index in [1.54, 1.807) is 4.68 Å². The fraction of sp³-hybridized carbons (Fsp3) is 0.167. The third kappa shape index (κ3) is 4.57. The predicted molar refractivity (Wildman–Crippen MR) is 94.3 cm³/mol. The zero-order chi connectivity index (χ0) is 17.5. The molecule has 126 valence electrons. The minimum absolute atomic E-state index is 0.103. The van der Waals surface area contributed by atoms with Crippen LogP contribution in [0.5, 0.6) is 0 Å². The molecule has 7 nitrogen and oxygen atoms in total. The summed E-state index contributed by atoms with van der Waals surface area (Å²) in [5, 5.41) is 15.2. The summed E-state index contributed by atoms with van der Waals surface area (Å²) in [6.07, 6.45) is 2.63. The Bertz CT molecular complexity index is 841. The first-order valence-corrected chi connectivity index (χ1v) is 7.93. The first-order valence-electron chi connectivity index (χ1n) is 7.93. The van der Waals surface area contributed by atoms with Crippen molar-refractivity contribution in [2.45, 2.75) is 19.8 Å². The highest BCUT2D eigenvalue weighted by Gasteiger charge is 2.03. The zero-order valence-corrected chi connectivity index (χ0v) is 13.8. The van der Waals surface area contributed by atoms with E-state index in [1.165, 1.54) is 6.33 Å². The number of nitrogens with zero attached hydrogens (tertiary/aromatic N) is 5. The number of amides is 1. The summed E-state index contributed by atoms with van der Waals surface area (Å²) in [6.45, 7) is 1.85. The monoisotopic (exact) mass is 334 g/mol. The van der Waals surface area contributed by atoms with Crippen molar-refractivity contribution in [1.29, 1.82) is 0 Å². The molecule has 25 heavy (non-hydrogen) atoms. The molecule has 0 saturated heterocycles. The van der Waals surface area contributed by atoms with E-state index in [9.17, 15) is 4.79 Å². The molecule has 0 fully saturated rings. The van der Waals surface area contributed by atoms with Gasteiger partial charge in [0.15, 0.2) is 0 Å². The molecule has 0 spiro atoms. The van der Waals surface area contributed by atoms with E-state index in [1.807, 2.05) is 61.5 Å². The number of hydrazone groups is 1. The molecule has 7 heteroatoms. The summed E-state index contributed by atoms with van der Waals surface area (Å²) >= 11 is 0. The highest BCUT2D eigenvalue weighted by Crippen LogP contribution is 2.08. The molecule has 1 amide bonds. The number of aromatic nitrogens is 4. The number of benzene rings is 2. The van der Waals surface area contributed by atoms with Gasteiger partial charge >= 0.3 is 0 Å². The maximum Gasteiger partial charge on any atom is 0.240 e. The zero-order valence-electron chi connectivity index (χ0n) is 13.8. The van der Waals surface area contributed by atoms with Gasteiger partial charge in [-0.15, -0.1) is 5.10 Å². The molecule has 0 radical (unpaired) electrons. The van der Waals surface area contributed by atoms with Gasteiger partial charge in [-0.2, -0.15) is 5.10 Å². The predicted octanol–water partition coefficient (Wildman–Crippen LogP) is 2.14. The maximum atomic E-state index is 11.9. The van der Waals surface area contributed by atoms with Gasteiger partial charge in [-0.3, -0.25) is 4.79 Å². The lowest BCUT2D eigenvalue weighted by Crippen LogP contribution is -2.19. The van der Waals surface area contributed by atoms with Gasteiger partial charge in [0.1, 0.15) is 6.33 Å². The van der Waals surface area contributed by atoms with Crippen LogP contribution in [0.2, 0.25) is 0 Å². The van der Waals surface area contributed by atoms with Crippen LogP contribution in [-0.2, 0) is 11.2 Å². The van der Waals surface area contributed by atoms with Crippen molar-refractivity contribution < 1.29 is 4.79 Å². The molecule has 0 unspecified atom stereocenters. The Kier molecular flexibility index (Phi) is 5.26. The van der Waals surface area contributed by atoms with Gasteiger partial charge in [0.2, 0.25) is 5.91 Å². The fourth-order valence-corrected chi connectivity index (χ4v) is 2.30. The van der Waals surface area contributed by atoms with E-state index >= 15 is 0 Å².